The minimum absolute atomic E-state index is 0.217. The highest BCUT2D eigenvalue weighted by Crippen LogP contribution is 2.30. The molecule has 0 bridgehead atoms. The van der Waals surface area contributed by atoms with Crippen molar-refractivity contribution in [1.29, 1.82) is 0 Å². The molecule has 0 saturated carbocycles. The standard InChI is InChI=1S/C27H18N4O2/c32-24(27-28-21-11-5-6-12-22(21)29-27)15-14-19-17-23(31(30-19)20-9-2-1-3-10-20)26-16-18-8-4-7-13-25(18)33-26/h1-17H,(H,28,29)/b15-14+. The number of imidazole rings is 1. The van der Waals surface area contributed by atoms with Gasteiger partial charge in [0.1, 0.15) is 11.3 Å². The number of hydrogen-bond acceptors (Lipinski definition) is 4. The highest BCUT2D eigenvalue weighted by molar-refractivity contribution is 6.05. The average molecular weight is 430 g/mol. The molecule has 3 aromatic carbocycles. The molecule has 0 aliphatic heterocycles. The molecule has 6 rings (SSSR count). The number of benzene rings is 3. The van der Waals surface area contributed by atoms with Gasteiger partial charge in [0.2, 0.25) is 5.78 Å². The number of hydrogen-bond donors (Lipinski definition) is 1. The van der Waals surface area contributed by atoms with Crippen molar-refractivity contribution >= 4 is 33.9 Å². The maximum Gasteiger partial charge on any atom is 0.221 e. The third-order valence-electron chi connectivity index (χ3n) is 5.44. The van der Waals surface area contributed by atoms with E-state index >= 15 is 0 Å². The Morgan fingerprint density at radius 3 is 2.55 bits per heavy atom. The van der Waals surface area contributed by atoms with Crippen LogP contribution in [0.1, 0.15) is 16.3 Å². The zero-order chi connectivity index (χ0) is 22.2. The third kappa shape index (κ3) is 3.53. The molecule has 158 valence electrons. The number of ketones is 1. The summed E-state index contributed by atoms with van der Waals surface area (Å²) in [6, 6.07) is 29.2. The summed E-state index contributed by atoms with van der Waals surface area (Å²) in [5.74, 6) is 0.786. The summed E-state index contributed by atoms with van der Waals surface area (Å²) in [5, 5.41) is 5.74. The van der Waals surface area contributed by atoms with E-state index < -0.39 is 0 Å². The van der Waals surface area contributed by atoms with Crippen LogP contribution in [-0.2, 0) is 0 Å². The molecule has 1 N–H and O–H groups in total. The van der Waals surface area contributed by atoms with Gasteiger partial charge in [-0.1, -0.05) is 48.5 Å². The predicted octanol–water partition coefficient (Wildman–Crippen LogP) is 6.06. The number of aromatic amines is 1. The molecule has 0 unspecified atom stereocenters. The van der Waals surface area contributed by atoms with Gasteiger partial charge in [0.25, 0.3) is 0 Å². The van der Waals surface area contributed by atoms with E-state index in [9.17, 15) is 4.79 Å². The lowest BCUT2D eigenvalue weighted by Gasteiger charge is -2.04. The van der Waals surface area contributed by atoms with Crippen molar-refractivity contribution in [3.05, 3.63) is 109 Å². The Morgan fingerprint density at radius 1 is 0.909 bits per heavy atom. The fraction of sp³-hybridized carbons (Fsp3) is 0. The van der Waals surface area contributed by atoms with Gasteiger partial charge in [-0.25, -0.2) is 9.67 Å². The van der Waals surface area contributed by atoms with Crippen molar-refractivity contribution in [3.8, 4) is 17.1 Å². The molecule has 0 saturated heterocycles. The van der Waals surface area contributed by atoms with Crippen LogP contribution in [0.5, 0.6) is 0 Å². The van der Waals surface area contributed by atoms with Gasteiger partial charge in [0.15, 0.2) is 11.6 Å². The minimum atomic E-state index is -0.217. The molecule has 0 atom stereocenters. The van der Waals surface area contributed by atoms with Crippen LogP contribution in [0.25, 0.3) is 45.2 Å². The molecular weight excluding hydrogens is 412 g/mol. The van der Waals surface area contributed by atoms with Gasteiger partial charge < -0.3 is 9.40 Å². The molecule has 0 fully saturated rings. The van der Waals surface area contributed by atoms with E-state index in [1.807, 2.05) is 95.7 Å². The Hall–Kier alpha value is -4.71. The van der Waals surface area contributed by atoms with E-state index in [0.717, 1.165) is 33.4 Å². The molecule has 33 heavy (non-hydrogen) atoms. The van der Waals surface area contributed by atoms with Gasteiger partial charge in [-0.15, -0.1) is 0 Å². The Morgan fingerprint density at radius 2 is 1.70 bits per heavy atom. The monoisotopic (exact) mass is 430 g/mol. The van der Waals surface area contributed by atoms with Crippen LogP contribution in [0.15, 0.2) is 101 Å². The first kappa shape index (κ1) is 19.0. The van der Waals surface area contributed by atoms with Crippen LogP contribution < -0.4 is 0 Å². The first-order valence-corrected chi connectivity index (χ1v) is 10.6. The van der Waals surface area contributed by atoms with Crippen molar-refractivity contribution in [3.63, 3.8) is 0 Å². The lowest BCUT2D eigenvalue weighted by Crippen LogP contribution is -1.99. The maximum absolute atomic E-state index is 12.7. The number of rotatable bonds is 5. The number of aromatic nitrogens is 4. The maximum atomic E-state index is 12.7. The molecule has 0 radical (unpaired) electrons. The summed E-state index contributed by atoms with van der Waals surface area (Å²) in [7, 11) is 0. The molecular formula is C27H18N4O2. The Balaban J connectivity index is 1.39. The van der Waals surface area contributed by atoms with Crippen molar-refractivity contribution in [1.82, 2.24) is 19.7 Å². The Labute approximate surface area is 188 Å². The molecule has 0 aliphatic rings. The van der Waals surface area contributed by atoms with Crippen LogP contribution in [0, 0.1) is 0 Å². The van der Waals surface area contributed by atoms with Gasteiger partial charge in [-0.2, -0.15) is 5.10 Å². The Kier molecular flexibility index (Phi) is 4.47. The number of fused-ring (bicyclic) bond motifs is 2. The van der Waals surface area contributed by atoms with E-state index in [1.165, 1.54) is 6.08 Å². The van der Waals surface area contributed by atoms with Gasteiger partial charge in [-0.05, 0) is 54.6 Å². The number of H-pyrrole nitrogens is 1. The quantitative estimate of drug-likeness (QED) is 0.266. The van der Waals surface area contributed by atoms with Gasteiger partial charge in [0.05, 0.1) is 22.4 Å². The second-order valence-electron chi connectivity index (χ2n) is 7.65. The van der Waals surface area contributed by atoms with E-state index in [-0.39, 0.29) is 5.78 Å². The summed E-state index contributed by atoms with van der Waals surface area (Å²) < 4.78 is 7.91. The fourth-order valence-corrected chi connectivity index (χ4v) is 3.84. The summed E-state index contributed by atoms with van der Waals surface area (Å²) in [4.78, 5) is 20.1. The number of furan rings is 1. The van der Waals surface area contributed by atoms with Gasteiger partial charge in [-0.3, -0.25) is 4.79 Å². The SMILES string of the molecule is O=C(/C=C/c1cc(-c2cc3ccccc3o2)n(-c2ccccc2)n1)c1nc2ccccc2[nH]1. The lowest BCUT2D eigenvalue weighted by molar-refractivity contribution is 0.103. The van der Waals surface area contributed by atoms with Crippen LogP contribution >= 0.6 is 0 Å². The first-order valence-electron chi connectivity index (χ1n) is 10.6. The van der Waals surface area contributed by atoms with Crippen molar-refractivity contribution in [2.24, 2.45) is 0 Å². The first-order chi connectivity index (χ1) is 16.2. The highest BCUT2D eigenvalue weighted by Gasteiger charge is 2.15. The van der Waals surface area contributed by atoms with E-state index in [1.54, 1.807) is 6.08 Å². The largest absolute Gasteiger partial charge is 0.454 e. The van der Waals surface area contributed by atoms with Crippen molar-refractivity contribution in [2.45, 2.75) is 0 Å². The van der Waals surface area contributed by atoms with Crippen LogP contribution in [0.2, 0.25) is 0 Å². The number of nitrogens with one attached hydrogen (secondary N) is 1. The average Bonchev–Trinajstić information content (AvgIpc) is 3.59. The van der Waals surface area contributed by atoms with E-state index in [2.05, 4.69) is 9.97 Å². The zero-order valence-electron chi connectivity index (χ0n) is 17.5. The zero-order valence-corrected chi connectivity index (χ0v) is 17.5. The lowest BCUT2D eigenvalue weighted by atomic mass is 10.2. The second kappa shape index (κ2) is 7.76. The number of carbonyl (C=O) groups is 1. The summed E-state index contributed by atoms with van der Waals surface area (Å²) in [6.07, 6.45) is 3.18. The molecule has 6 heteroatoms. The summed E-state index contributed by atoms with van der Waals surface area (Å²) in [6.45, 7) is 0. The van der Waals surface area contributed by atoms with Gasteiger partial charge >= 0.3 is 0 Å². The smallest absolute Gasteiger partial charge is 0.221 e. The molecule has 3 heterocycles. The molecule has 6 aromatic rings. The molecule has 0 spiro atoms. The molecule has 6 nitrogen and oxygen atoms in total. The van der Waals surface area contributed by atoms with E-state index in [0.29, 0.717) is 17.3 Å². The fourth-order valence-electron chi connectivity index (χ4n) is 3.84. The summed E-state index contributed by atoms with van der Waals surface area (Å²) in [5.41, 5.74) is 4.73. The Bertz CT molecular complexity index is 1570. The second-order valence-corrected chi connectivity index (χ2v) is 7.65. The predicted molar refractivity (Wildman–Crippen MR) is 128 cm³/mol. The normalized spacial score (nSPS) is 11.6. The van der Waals surface area contributed by atoms with Crippen molar-refractivity contribution < 1.29 is 9.21 Å². The van der Waals surface area contributed by atoms with Crippen LogP contribution in [0.3, 0.4) is 0 Å². The molecule has 0 aliphatic carbocycles. The van der Waals surface area contributed by atoms with Crippen molar-refractivity contribution in [2.75, 3.05) is 0 Å². The number of para-hydroxylation sites is 4. The number of nitrogens with zero attached hydrogens (tertiary/aromatic N) is 3. The topological polar surface area (TPSA) is 76.7 Å². The molecule has 3 aromatic heterocycles. The minimum Gasteiger partial charge on any atom is -0.454 e. The number of allylic oxidation sites excluding steroid dienone is 1. The van der Waals surface area contributed by atoms with Crippen LogP contribution in [-0.4, -0.2) is 25.5 Å². The summed E-state index contributed by atoms with van der Waals surface area (Å²) >= 11 is 0. The number of carbonyl (C=O) groups excluding carboxylic acids is 1. The third-order valence-corrected chi connectivity index (χ3v) is 5.44. The van der Waals surface area contributed by atoms with Crippen LogP contribution in [0.4, 0.5) is 0 Å². The van der Waals surface area contributed by atoms with Gasteiger partial charge in [0, 0.05) is 5.39 Å². The highest BCUT2D eigenvalue weighted by atomic mass is 16.3. The molecule has 0 amide bonds. The van der Waals surface area contributed by atoms with E-state index in [4.69, 9.17) is 9.52 Å².